The van der Waals surface area contributed by atoms with Crippen molar-refractivity contribution in [1.82, 2.24) is 20.0 Å². The predicted octanol–water partition coefficient (Wildman–Crippen LogP) is 3.72. The van der Waals surface area contributed by atoms with Crippen LogP contribution in [0.25, 0.3) is 22.2 Å². The number of carbonyl (C=O) groups excluding carboxylic acids is 1. The number of para-hydroxylation sites is 1. The van der Waals surface area contributed by atoms with Crippen molar-refractivity contribution in [2.45, 2.75) is 6.54 Å². The highest BCUT2D eigenvalue weighted by atomic mass is 19.1. The second-order valence-electron chi connectivity index (χ2n) is 5.98. The fraction of sp³-hybridized carbons (Fsp3) is 0.100. The molecule has 4 rings (SSSR count). The van der Waals surface area contributed by atoms with Gasteiger partial charge in [0, 0.05) is 16.6 Å². The number of aryl methyl sites for hydroxylation is 1. The van der Waals surface area contributed by atoms with Crippen LogP contribution in [0.1, 0.15) is 10.5 Å². The van der Waals surface area contributed by atoms with Crippen LogP contribution < -0.4 is 5.32 Å². The number of carbonyl (C=O) groups is 1. The molecule has 1 N–H and O–H groups in total. The van der Waals surface area contributed by atoms with Crippen molar-refractivity contribution in [2.75, 3.05) is 12.0 Å². The summed E-state index contributed by atoms with van der Waals surface area (Å²) in [5.41, 5.74) is 3.52. The van der Waals surface area contributed by atoms with Crippen molar-refractivity contribution in [3.8, 4) is 11.3 Å². The molecule has 2 heterocycles. The molecule has 0 aliphatic rings. The van der Waals surface area contributed by atoms with Gasteiger partial charge in [-0.15, -0.1) is 5.10 Å². The first-order chi connectivity index (χ1) is 13.2. The minimum atomic E-state index is -0.561. The number of fused-ring (bicyclic) bond motifs is 1. The van der Waals surface area contributed by atoms with Gasteiger partial charge in [-0.2, -0.15) is 0 Å². The molecular weight excluding hydrogens is 345 g/mol. The Hall–Kier alpha value is -3.61. The lowest BCUT2D eigenvalue weighted by atomic mass is 10.1. The number of hydrogen-bond donors (Lipinski definition) is 1. The summed E-state index contributed by atoms with van der Waals surface area (Å²) in [5, 5.41) is 11.3. The predicted molar refractivity (Wildman–Crippen MR) is 101 cm³/mol. The Labute approximate surface area is 154 Å². The Morgan fingerprint density at radius 2 is 1.85 bits per heavy atom. The van der Waals surface area contributed by atoms with Crippen LogP contribution in [0, 0.1) is 0 Å². The van der Waals surface area contributed by atoms with E-state index in [0.29, 0.717) is 5.69 Å². The van der Waals surface area contributed by atoms with E-state index >= 15 is 0 Å². The average Bonchev–Trinajstić information content (AvgIpc) is 3.17. The molecule has 2 aromatic heterocycles. The van der Waals surface area contributed by atoms with Gasteiger partial charge in [0.05, 0.1) is 24.0 Å². The molecule has 0 spiro atoms. The highest BCUT2D eigenvalue weighted by Gasteiger charge is 2.11. The number of pyridine rings is 1. The topological polar surface area (TPSA) is 72.7 Å². The standard InChI is InChI=1S/C20H16FN5O/c21-11-12-26-13-19(24-25-26)20(27)22-16-8-5-15(6-9-16)18-10-7-14-3-1-2-4-17(14)23-18/h1-10,13H,11-12H2,(H,22,27). The molecule has 0 bridgehead atoms. The van der Waals surface area contributed by atoms with Crippen molar-refractivity contribution >= 4 is 22.5 Å². The van der Waals surface area contributed by atoms with Crippen LogP contribution in [-0.4, -0.2) is 32.6 Å². The maximum Gasteiger partial charge on any atom is 0.277 e. The van der Waals surface area contributed by atoms with E-state index in [4.69, 9.17) is 0 Å². The molecule has 4 aromatic rings. The van der Waals surface area contributed by atoms with Crippen LogP contribution in [0.5, 0.6) is 0 Å². The molecule has 0 radical (unpaired) electrons. The largest absolute Gasteiger partial charge is 0.321 e. The SMILES string of the molecule is O=C(Nc1ccc(-c2ccc3ccccc3n2)cc1)c1cn(CCF)nn1. The molecule has 7 heteroatoms. The summed E-state index contributed by atoms with van der Waals surface area (Å²) in [6.07, 6.45) is 1.42. The molecule has 1 amide bonds. The Kier molecular flexibility index (Phi) is 4.57. The van der Waals surface area contributed by atoms with Crippen LogP contribution in [-0.2, 0) is 6.54 Å². The normalized spacial score (nSPS) is 10.9. The maximum atomic E-state index is 12.3. The third kappa shape index (κ3) is 3.67. The zero-order valence-corrected chi connectivity index (χ0v) is 14.3. The lowest BCUT2D eigenvalue weighted by Gasteiger charge is -2.06. The third-order valence-corrected chi connectivity index (χ3v) is 4.12. The molecule has 27 heavy (non-hydrogen) atoms. The molecule has 0 saturated heterocycles. The quantitative estimate of drug-likeness (QED) is 0.588. The summed E-state index contributed by atoms with van der Waals surface area (Å²) in [6.45, 7) is -0.484. The number of anilines is 1. The zero-order valence-electron chi connectivity index (χ0n) is 14.3. The number of benzene rings is 2. The van der Waals surface area contributed by atoms with E-state index in [0.717, 1.165) is 22.2 Å². The van der Waals surface area contributed by atoms with Crippen molar-refractivity contribution in [2.24, 2.45) is 0 Å². The minimum Gasteiger partial charge on any atom is -0.321 e. The van der Waals surface area contributed by atoms with Crippen LogP contribution in [0.15, 0.2) is 66.9 Å². The summed E-state index contributed by atoms with van der Waals surface area (Å²) in [4.78, 5) is 16.9. The van der Waals surface area contributed by atoms with E-state index < -0.39 is 12.6 Å². The highest BCUT2D eigenvalue weighted by molar-refractivity contribution is 6.02. The van der Waals surface area contributed by atoms with Crippen molar-refractivity contribution in [3.63, 3.8) is 0 Å². The molecule has 0 saturated carbocycles. The Bertz CT molecular complexity index is 1090. The van der Waals surface area contributed by atoms with Gasteiger partial charge in [0.2, 0.25) is 0 Å². The van der Waals surface area contributed by atoms with Crippen LogP contribution in [0.2, 0.25) is 0 Å². The maximum absolute atomic E-state index is 12.3. The summed E-state index contributed by atoms with van der Waals surface area (Å²) < 4.78 is 13.6. The number of amides is 1. The number of nitrogens with zero attached hydrogens (tertiary/aromatic N) is 4. The second kappa shape index (κ2) is 7.33. The molecule has 0 fully saturated rings. The lowest BCUT2D eigenvalue weighted by Crippen LogP contribution is -2.12. The van der Waals surface area contributed by atoms with E-state index in [1.807, 2.05) is 48.5 Å². The van der Waals surface area contributed by atoms with Gasteiger partial charge >= 0.3 is 0 Å². The number of rotatable bonds is 5. The fourth-order valence-electron chi connectivity index (χ4n) is 2.74. The Balaban J connectivity index is 1.50. The number of halogens is 1. The summed E-state index contributed by atoms with van der Waals surface area (Å²) >= 11 is 0. The number of nitrogens with one attached hydrogen (secondary N) is 1. The van der Waals surface area contributed by atoms with Gasteiger partial charge in [0.1, 0.15) is 6.67 Å². The molecular formula is C20H16FN5O. The van der Waals surface area contributed by atoms with Gasteiger partial charge in [0.25, 0.3) is 5.91 Å². The molecule has 0 unspecified atom stereocenters. The lowest BCUT2D eigenvalue weighted by molar-refractivity contribution is 0.102. The minimum absolute atomic E-state index is 0.0771. The van der Waals surface area contributed by atoms with Crippen molar-refractivity contribution in [1.29, 1.82) is 0 Å². The summed E-state index contributed by atoms with van der Waals surface area (Å²) in [6, 6.07) is 19.3. The monoisotopic (exact) mass is 361 g/mol. The first-order valence-corrected chi connectivity index (χ1v) is 8.46. The summed E-state index contributed by atoms with van der Waals surface area (Å²) in [5.74, 6) is -0.392. The van der Waals surface area contributed by atoms with E-state index in [-0.39, 0.29) is 12.2 Å². The van der Waals surface area contributed by atoms with Crippen molar-refractivity contribution in [3.05, 3.63) is 72.6 Å². The van der Waals surface area contributed by atoms with Gasteiger partial charge in [-0.1, -0.05) is 41.6 Å². The van der Waals surface area contributed by atoms with E-state index in [1.165, 1.54) is 10.9 Å². The van der Waals surface area contributed by atoms with Crippen molar-refractivity contribution < 1.29 is 9.18 Å². The molecule has 2 aromatic carbocycles. The molecule has 6 nitrogen and oxygen atoms in total. The number of hydrogen-bond acceptors (Lipinski definition) is 4. The first kappa shape index (κ1) is 16.8. The van der Waals surface area contributed by atoms with Gasteiger partial charge in [-0.05, 0) is 24.3 Å². The van der Waals surface area contributed by atoms with Crippen LogP contribution >= 0.6 is 0 Å². The summed E-state index contributed by atoms with van der Waals surface area (Å²) in [7, 11) is 0. The molecule has 0 aliphatic heterocycles. The average molecular weight is 361 g/mol. The smallest absolute Gasteiger partial charge is 0.277 e. The molecule has 0 atom stereocenters. The van der Waals surface area contributed by atoms with Gasteiger partial charge < -0.3 is 5.32 Å². The number of aromatic nitrogens is 4. The zero-order chi connectivity index (χ0) is 18.6. The Morgan fingerprint density at radius 3 is 2.67 bits per heavy atom. The van der Waals surface area contributed by atoms with Crippen LogP contribution in [0.3, 0.4) is 0 Å². The molecule has 0 aliphatic carbocycles. The Morgan fingerprint density at radius 1 is 1.04 bits per heavy atom. The number of alkyl halides is 1. The van der Waals surface area contributed by atoms with Gasteiger partial charge in [0.15, 0.2) is 5.69 Å². The van der Waals surface area contributed by atoms with Gasteiger partial charge in [-0.25, -0.2) is 14.1 Å². The van der Waals surface area contributed by atoms with E-state index in [1.54, 1.807) is 12.1 Å². The fourth-order valence-corrected chi connectivity index (χ4v) is 2.74. The second-order valence-corrected chi connectivity index (χ2v) is 5.98. The third-order valence-electron chi connectivity index (χ3n) is 4.12. The van der Waals surface area contributed by atoms with E-state index in [9.17, 15) is 9.18 Å². The highest BCUT2D eigenvalue weighted by Crippen LogP contribution is 2.22. The van der Waals surface area contributed by atoms with E-state index in [2.05, 4.69) is 20.6 Å². The molecule has 134 valence electrons. The van der Waals surface area contributed by atoms with Gasteiger partial charge in [-0.3, -0.25) is 4.79 Å². The van der Waals surface area contributed by atoms with Crippen LogP contribution in [0.4, 0.5) is 10.1 Å². The first-order valence-electron chi connectivity index (χ1n) is 8.46.